The number of nitrogens with one attached hydrogen (secondary N) is 1. The first-order valence-corrected chi connectivity index (χ1v) is 6.80. The van der Waals surface area contributed by atoms with Crippen LogP contribution >= 0.6 is 0 Å². The SMILES string of the molecule is COc1ccc(CN(C)CC2CCCNC2)cc1. The van der Waals surface area contributed by atoms with Gasteiger partial charge in [-0.05, 0) is 56.6 Å². The topological polar surface area (TPSA) is 24.5 Å². The minimum Gasteiger partial charge on any atom is -0.497 e. The molecule has 1 atom stereocenters. The normalized spacial score (nSPS) is 20.1. The van der Waals surface area contributed by atoms with Gasteiger partial charge >= 0.3 is 0 Å². The fourth-order valence-corrected chi connectivity index (χ4v) is 2.63. The third kappa shape index (κ3) is 4.00. The Hall–Kier alpha value is -1.06. The summed E-state index contributed by atoms with van der Waals surface area (Å²) in [4.78, 5) is 2.42. The molecule has 1 aromatic carbocycles. The molecule has 18 heavy (non-hydrogen) atoms. The number of rotatable bonds is 5. The highest BCUT2D eigenvalue weighted by Crippen LogP contribution is 2.15. The summed E-state index contributed by atoms with van der Waals surface area (Å²) in [5.74, 6) is 1.74. The highest BCUT2D eigenvalue weighted by Gasteiger charge is 2.14. The first-order chi connectivity index (χ1) is 8.78. The molecule has 1 aromatic rings. The highest BCUT2D eigenvalue weighted by atomic mass is 16.5. The van der Waals surface area contributed by atoms with Crippen molar-refractivity contribution in [3.63, 3.8) is 0 Å². The van der Waals surface area contributed by atoms with Crippen LogP contribution in [0.2, 0.25) is 0 Å². The van der Waals surface area contributed by atoms with Crippen molar-refractivity contribution in [3.05, 3.63) is 29.8 Å². The minimum atomic E-state index is 0.807. The van der Waals surface area contributed by atoms with Crippen LogP contribution in [0.15, 0.2) is 24.3 Å². The molecule has 1 fully saturated rings. The molecule has 0 spiro atoms. The lowest BCUT2D eigenvalue weighted by molar-refractivity contribution is 0.237. The average molecular weight is 248 g/mol. The van der Waals surface area contributed by atoms with Gasteiger partial charge < -0.3 is 15.0 Å². The van der Waals surface area contributed by atoms with Gasteiger partial charge in [0.1, 0.15) is 5.75 Å². The summed E-state index contributed by atoms with van der Waals surface area (Å²) in [6, 6.07) is 8.36. The smallest absolute Gasteiger partial charge is 0.118 e. The number of nitrogens with zero attached hydrogens (tertiary/aromatic N) is 1. The molecule has 1 heterocycles. The third-order valence-corrected chi connectivity index (χ3v) is 3.58. The van der Waals surface area contributed by atoms with Crippen LogP contribution in [-0.4, -0.2) is 38.7 Å². The molecule has 1 aliphatic rings. The predicted molar refractivity (Wildman–Crippen MR) is 74.9 cm³/mol. The second-order valence-electron chi connectivity index (χ2n) is 5.26. The molecule has 3 heteroatoms. The van der Waals surface area contributed by atoms with Crippen LogP contribution in [0, 0.1) is 5.92 Å². The maximum absolute atomic E-state index is 5.17. The molecule has 0 bridgehead atoms. The number of hydrogen-bond acceptors (Lipinski definition) is 3. The van der Waals surface area contributed by atoms with E-state index in [4.69, 9.17) is 4.74 Å². The van der Waals surface area contributed by atoms with Crippen molar-refractivity contribution in [3.8, 4) is 5.75 Å². The molecule has 0 aliphatic carbocycles. The predicted octanol–water partition coefficient (Wildman–Crippen LogP) is 2.13. The van der Waals surface area contributed by atoms with Crippen molar-refractivity contribution >= 4 is 0 Å². The van der Waals surface area contributed by atoms with E-state index in [-0.39, 0.29) is 0 Å². The second-order valence-corrected chi connectivity index (χ2v) is 5.26. The van der Waals surface area contributed by atoms with Gasteiger partial charge in [0.2, 0.25) is 0 Å². The van der Waals surface area contributed by atoms with E-state index in [2.05, 4.69) is 29.4 Å². The van der Waals surface area contributed by atoms with Crippen LogP contribution in [0.1, 0.15) is 18.4 Å². The van der Waals surface area contributed by atoms with Crippen molar-refractivity contribution in [2.24, 2.45) is 5.92 Å². The maximum Gasteiger partial charge on any atom is 0.118 e. The lowest BCUT2D eigenvalue weighted by atomic mass is 9.99. The zero-order valence-electron chi connectivity index (χ0n) is 11.5. The van der Waals surface area contributed by atoms with Crippen molar-refractivity contribution < 1.29 is 4.74 Å². The summed E-state index contributed by atoms with van der Waals surface area (Å²) in [6.45, 7) is 4.56. The van der Waals surface area contributed by atoms with Crippen LogP contribution in [0.3, 0.4) is 0 Å². The van der Waals surface area contributed by atoms with Gasteiger partial charge in [-0.25, -0.2) is 0 Å². The molecular weight excluding hydrogens is 224 g/mol. The highest BCUT2D eigenvalue weighted by molar-refractivity contribution is 5.27. The van der Waals surface area contributed by atoms with Gasteiger partial charge in [-0.15, -0.1) is 0 Å². The first kappa shape index (κ1) is 13.4. The quantitative estimate of drug-likeness (QED) is 0.864. The summed E-state index contributed by atoms with van der Waals surface area (Å²) in [5.41, 5.74) is 1.35. The molecule has 1 unspecified atom stereocenters. The molecule has 1 N–H and O–H groups in total. The fourth-order valence-electron chi connectivity index (χ4n) is 2.63. The Balaban J connectivity index is 1.80. The van der Waals surface area contributed by atoms with Crippen molar-refractivity contribution in [2.45, 2.75) is 19.4 Å². The Morgan fingerprint density at radius 2 is 2.11 bits per heavy atom. The molecule has 0 aromatic heterocycles. The maximum atomic E-state index is 5.17. The van der Waals surface area contributed by atoms with E-state index >= 15 is 0 Å². The number of piperidine rings is 1. The monoisotopic (exact) mass is 248 g/mol. The first-order valence-electron chi connectivity index (χ1n) is 6.80. The third-order valence-electron chi connectivity index (χ3n) is 3.58. The minimum absolute atomic E-state index is 0.807. The Bertz CT molecular complexity index is 344. The molecule has 0 amide bonds. The van der Waals surface area contributed by atoms with Crippen molar-refractivity contribution in [1.82, 2.24) is 10.2 Å². The van der Waals surface area contributed by atoms with Crippen LogP contribution in [0.25, 0.3) is 0 Å². The largest absolute Gasteiger partial charge is 0.497 e. The zero-order chi connectivity index (χ0) is 12.8. The van der Waals surface area contributed by atoms with Gasteiger partial charge in [-0.3, -0.25) is 0 Å². The standard InChI is InChI=1S/C15H24N2O/c1-17(12-14-4-3-9-16-10-14)11-13-5-7-15(18-2)8-6-13/h5-8,14,16H,3-4,9-12H2,1-2H3. The lowest BCUT2D eigenvalue weighted by Gasteiger charge is -2.27. The molecule has 2 rings (SSSR count). The van der Waals surface area contributed by atoms with E-state index in [1.54, 1.807) is 7.11 Å². The molecule has 1 saturated heterocycles. The van der Waals surface area contributed by atoms with Crippen LogP contribution in [-0.2, 0) is 6.54 Å². The summed E-state index contributed by atoms with van der Waals surface area (Å²) >= 11 is 0. The summed E-state index contributed by atoms with van der Waals surface area (Å²) in [6.07, 6.45) is 2.68. The summed E-state index contributed by atoms with van der Waals surface area (Å²) in [5, 5.41) is 3.48. The van der Waals surface area contributed by atoms with Gasteiger partial charge in [-0.2, -0.15) is 0 Å². The van der Waals surface area contributed by atoms with Gasteiger partial charge in [0.05, 0.1) is 7.11 Å². The van der Waals surface area contributed by atoms with Crippen LogP contribution in [0.5, 0.6) is 5.75 Å². The van der Waals surface area contributed by atoms with Crippen LogP contribution in [0.4, 0.5) is 0 Å². The van der Waals surface area contributed by atoms with E-state index in [9.17, 15) is 0 Å². The summed E-state index contributed by atoms with van der Waals surface area (Å²) in [7, 11) is 3.91. The zero-order valence-corrected chi connectivity index (χ0v) is 11.5. The van der Waals surface area contributed by atoms with Crippen LogP contribution < -0.4 is 10.1 Å². The molecule has 3 nitrogen and oxygen atoms in total. The van der Waals surface area contributed by atoms with E-state index in [0.29, 0.717) is 0 Å². The Morgan fingerprint density at radius 1 is 1.33 bits per heavy atom. The van der Waals surface area contributed by atoms with Gasteiger partial charge in [0.15, 0.2) is 0 Å². The van der Waals surface area contributed by atoms with E-state index in [0.717, 1.165) is 18.2 Å². The Kier molecular flexibility index (Phi) is 5.02. The van der Waals surface area contributed by atoms with Crippen molar-refractivity contribution in [2.75, 3.05) is 33.8 Å². The molecule has 100 valence electrons. The number of benzene rings is 1. The number of ether oxygens (including phenoxy) is 1. The fraction of sp³-hybridized carbons (Fsp3) is 0.600. The number of methoxy groups -OCH3 is 1. The van der Waals surface area contributed by atoms with Gasteiger partial charge in [-0.1, -0.05) is 12.1 Å². The molecule has 0 saturated carbocycles. The molecule has 0 radical (unpaired) electrons. The average Bonchev–Trinajstić information content (AvgIpc) is 2.40. The van der Waals surface area contributed by atoms with Gasteiger partial charge in [0, 0.05) is 13.1 Å². The molecular formula is C15H24N2O. The summed E-state index contributed by atoms with van der Waals surface area (Å²) < 4.78 is 5.17. The van der Waals surface area contributed by atoms with E-state index in [1.807, 2.05) is 12.1 Å². The lowest BCUT2D eigenvalue weighted by Crippen LogP contribution is -2.36. The van der Waals surface area contributed by atoms with E-state index in [1.165, 1.54) is 38.0 Å². The van der Waals surface area contributed by atoms with Crippen molar-refractivity contribution in [1.29, 1.82) is 0 Å². The van der Waals surface area contributed by atoms with Gasteiger partial charge in [0.25, 0.3) is 0 Å². The molecule has 1 aliphatic heterocycles. The second kappa shape index (κ2) is 6.76. The number of hydrogen-bond donors (Lipinski definition) is 1. The Labute approximate surface area is 110 Å². The van der Waals surface area contributed by atoms with E-state index < -0.39 is 0 Å². The Morgan fingerprint density at radius 3 is 2.72 bits per heavy atom.